The van der Waals surface area contributed by atoms with E-state index in [2.05, 4.69) is 56.0 Å². The zero-order chi connectivity index (χ0) is 14.9. The lowest BCUT2D eigenvalue weighted by molar-refractivity contribution is 0.0298. The third-order valence-corrected chi connectivity index (χ3v) is 4.94. The van der Waals surface area contributed by atoms with Gasteiger partial charge in [-0.1, -0.05) is 20.8 Å². The molecule has 0 aliphatic carbocycles. The molecule has 0 radical (unpaired) electrons. The highest BCUT2D eigenvalue weighted by Crippen LogP contribution is 2.26. The predicted octanol–water partition coefficient (Wildman–Crippen LogP) is 2.33. The van der Waals surface area contributed by atoms with Gasteiger partial charge in [-0.05, 0) is 32.3 Å². The highest BCUT2D eigenvalue weighted by atomic mass is 15.3. The summed E-state index contributed by atoms with van der Waals surface area (Å²) in [7, 11) is 2.05. The second-order valence-electron chi connectivity index (χ2n) is 6.86. The molecule has 0 aromatic carbocycles. The van der Waals surface area contributed by atoms with Crippen LogP contribution >= 0.6 is 0 Å². The molecule has 0 bridgehead atoms. The maximum absolute atomic E-state index is 4.48. The van der Waals surface area contributed by atoms with Crippen LogP contribution in [0, 0.1) is 12.8 Å². The van der Waals surface area contributed by atoms with Crippen LogP contribution in [0.2, 0.25) is 0 Å². The lowest BCUT2D eigenvalue weighted by Crippen LogP contribution is -2.63. The Hall–Kier alpha value is -0.870. The van der Waals surface area contributed by atoms with Gasteiger partial charge in [0.15, 0.2) is 0 Å². The van der Waals surface area contributed by atoms with Crippen LogP contribution in [0.4, 0.5) is 0 Å². The molecule has 1 aliphatic heterocycles. The lowest BCUT2D eigenvalue weighted by atomic mass is 9.89. The quantitative estimate of drug-likeness (QED) is 0.917. The molecule has 1 aliphatic rings. The second kappa shape index (κ2) is 5.86. The number of nitrogens with one attached hydrogen (secondary N) is 1. The van der Waals surface area contributed by atoms with E-state index in [1.165, 1.54) is 12.1 Å². The molecule has 1 fully saturated rings. The number of aromatic nitrogens is 2. The van der Waals surface area contributed by atoms with Crippen molar-refractivity contribution in [2.75, 3.05) is 13.1 Å². The van der Waals surface area contributed by atoms with Crippen LogP contribution < -0.4 is 5.32 Å². The molecular weight excluding hydrogens is 248 g/mol. The van der Waals surface area contributed by atoms with Crippen molar-refractivity contribution in [3.63, 3.8) is 0 Å². The summed E-state index contributed by atoms with van der Waals surface area (Å²) >= 11 is 0. The molecule has 114 valence electrons. The van der Waals surface area contributed by atoms with Gasteiger partial charge in [0.2, 0.25) is 0 Å². The van der Waals surface area contributed by atoms with Gasteiger partial charge in [0, 0.05) is 38.3 Å². The Morgan fingerprint density at radius 1 is 1.50 bits per heavy atom. The van der Waals surface area contributed by atoms with E-state index in [1.54, 1.807) is 0 Å². The number of nitrogens with zero attached hydrogens (tertiary/aromatic N) is 3. The molecule has 1 N–H and O–H groups in total. The standard InChI is InChI=1S/C16H30N4/c1-7-16(5)11-17-15(12(2)3)10-20(16)9-14-8-13(4)18-19(14)6/h8,12,15,17H,7,9-11H2,1-6H3. The Labute approximate surface area is 123 Å². The molecule has 2 rings (SSSR count). The molecule has 0 spiro atoms. The minimum Gasteiger partial charge on any atom is -0.311 e. The van der Waals surface area contributed by atoms with E-state index >= 15 is 0 Å². The SMILES string of the molecule is CCC1(C)CNC(C(C)C)CN1Cc1cc(C)nn1C. The van der Waals surface area contributed by atoms with Gasteiger partial charge in [-0.3, -0.25) is 9.58 Å². The van der Waals surface area contributed by atoms with E-state index in [0.717, 1.165) is 25.3 Å². The van der Waals surface area contributed by atoms with Crippen LogP contribution in [0.1, 0.15) is 45.5 Å². The van der Waals surface area contributed by atoms with Crippen LogP contribution in [0.25, 0.3) is 0 Å². The number of rotatable bonds is 4. The maximum Gasteiger partial charge on any atom is 0.0597 e. The average molecular weight is 278 g/mol. The van der Waals surface area contributed by atoms with E-state index in [9.17, 15) is 0 Å². The zero-order valence-corrected chi connectivity index (χ0v) is 13.9. The molecule has 2 heterocycles. The van der Waals surface area contributed by atoms with E-state index in [-0.39, 0.29) is 5.54 Å². The van der Waals surface area contributed by atoms with E-state index in [1.807, 2.05) is 11.7 Å². The second-order valence-corrected chi connectivity index (χ2v) is 6.86. The summed E-state index contributed by atoms with van der Waals surface area (Å²) < 4.78 is 2.03. The Morgan fingerprint density at radius 2 is 2.20 bits per heavy atom. The van der Waals surface area contributed by atoms with Crippen molar-refractivity contribution >= 4 is 0 Å². The van der Waals surface area contributed by atoms with Crippen molar-refractivity contribution in [2.45, 2.75) is 59.2 Å². The molecule has 4 heteroatoms. The molecule has 1 saturated heterocycles. The molecule has 2 atom stereocenters. The van der Waals surface area contributed by atoms with Gasteiger partial charge < -0.3 is 5.32 Å². The van der Waals surface area contributed by atoms with Crippen molar-refractivity contribution in [1.82, 2.24) is 20.0 Å². The van der Waals surface area contributed by atoms with Crippen LogP contribution in [-0.2, 0) is 13.6 Å². The predicted molar refractivity (Wildman–Crippen MR) is 83.7 cm³/mol. The first-order valence-electron chi connectivity index (χ1n) is 7.83. The largest absolute Gasteiger partial charge is 0.311 e. The summed E-state index contributed by atoms with van der Waals surface area (Å²) in [6.45, 7) is 14.5. The lowest BCUT2D eigenvalue weighted by Gasteiger charge is -2.49. The van der Waals surface area contributed by atoms with Gasteiger partial charge in [-0.25, -0.2) is 0 Å². The van der Waals surface area contributed by atoms with Crippen molar-refractivity contribution in [2.24, 2.45) is 13.0 Å². The zero-order valence-electron chi connectivity index (χ0n) is 13.9. The Bertz CT molecular complexity index is 451. The van der Waals surface area contributed by atoms with Gasteiger partial charge in [-0.15, -0.1) is 0 Å². The topological polar surface area (TPSA) is 33.1 Å². The van der Waals surface area contributed by atoms with Gasteiger partial charge >= 0.3 is 0 Å². The van der Waals surface area contributed by atoms with E-state index in [4.69, 9.17) is 0 Å². The third-order valence-electron chi connectivity index (χ3n) is 4.94. The Morgan fingerprint density at radius 3 is 2.70 bits per heavy atom. The first-order valence-corrected chi connectivity index (χ1v) is 7.83. The molecule has 20 heavy (non-hydrogen) atoms. The smallest absolute Gasteiger partial charge is 0.0597 e. The van der Waals surface area contributed by atoms with Gasteiger partial charge in [0.05, 0.1) is 11.4 Å². The first-order chi connectivity index (χ1) is 9.35. The molecule has 0 amide bonds. The Kier molecular flexibility index (Phi) is 4.55. The summed E-state index contributed by atoms with van der Waals surface area (Å²) in [4.78, 5) is 2.64. The monoisotopic (exact) mass is 278 g/mol. The molecular formula is C16H30N4. The summed E-state index contributed by atoms with van der Waals surface area (Å²) in [5.74, 6) is 0.673. The fraction of sp³-hybridized carbons (Fsp3) is 0.812. The van der Waals surface area contributed by atoms with Crippen LogP contribution in [0.15, 0.2) is 6.07 Å². The highest BCUT2D eigenvalue weighted by Gasteiger charge is 2.37. The number of hydrogen-bond acceptors (Lipinski definition) is 3. The van der Waals surface area contributed by atoms with Crippen molar-refractivity contribution in [1.29, 1.82) is 0 Å². The maximum atomic E-state index is 4.48. The first kappa shape index (κ1) is 15.5. The van der Waals surface area contributed by atoms with Gasteiger partial charge in [-0.2, -0.15) is 5.10 Å². The van der Waals surface area contributed by atoms with Gasteiger partial charge in [0.1, 0.15) is 0 Å². The summed E-state index contributed by atoms with van der Waals surface area (Å²) in [6.07, 6.45) is 1.17. The minimum absolute atomic E-state index is 0.240. The van der Waals surface area contributed by atoms with Crippen molar-refractivity contribution < 1.29 is 0 Å². The van der Waals surface area contributed by atoms with Crippen molar-refractivity contribution in [3.8, 4) is 0 Å². The van der Waals surface area contributed by atoms with E-state index < -0.39 is 0 Å². The van der Waals surface area contributed by atoms with E-state index in [0.29, 0.717) is 12.0 Å². The van der Waals surface area contributed by atoms with Gasteiger partial charge in [0.25, 0.3) is 0 Å². The summed E-state index contributed by atoms with van der Waals surface area (Å²) in [6, 6.07) is 2.80. The summed E-state index contributed by atoms with van der Waals surface area (Å²) in [5.41, 5.74) is 2.66. The normalized spacial score (nSPS) is 28.2. The van der Waals surface area contributed by atoms with Crippen LogP contribution in [0.3, 0.4) is 0 Å². The molecule has 1 aromatic rings. The minimum atomic E-state index is 0.240. The molecule has 2 unspecified atom stereocenters. The number of piperazine rings is 1. The molecule has 0 saturated carbocycles. The van der Waals surface area contributed by atoms with Crippen molar-refractivity contribution in [3.05, 3.63) is 17.5 Å². The third kappa shape index (κ3) is 3.07. The molecule has 1 aromatic heterocycles. The van der Waals surface area contributed by atoms with Crippen LogP contribution in [0.5, 0.6) is 0 Å². The fourth-order valence-corrected chi connectivity index (χ4v) is 3.04. The van der Waals surface area contributed by atoms with Crippen LogP contribution in [-0.4, -0.2) is 39.4 Å². The molecule has 4 nitrogen and oxygen atoms in total. The fourth-order valence-electron chi connectivity index (χ4n) is 3.04. The number of hydrogen-bond donors (Lipinski definition) is 1. The summed E-state index contributed by atoms with van der Waals surface area (Å²) in [5, 5.41) is 8.21. The number of aryl methyl sites for hydroxylation is 2. The Balaban J connectivity index is 2.17. The highest BCUT2D eigenvalue weighted by molar-refractivity contribution is 5.10. The average Bonchev–Trinajstić information content (AvgIpc) is 2.70.